The minimum Gasteiger partial charge on any atom is -0.347 e. The van der Waals surface area contributed by atoms with E-state index in [4.69, 9.17) is 5.73 Å². The maximum Gasteiger partial charge on any atom is 0.261 e. The molecule has 0 bridgehead atoms. The van der Waals surface area contributed by atoms with Gasteiger partial charge in [-0.3, -0.25) is 4.79 Å². The van der Waals surface area contributed by atoms with Crippen LogP contribution in [0.2, 0.25) is 0 Å². The molecule has 0 aliphatic heterocycles. The van der Waals surface area contributed by atoms with Crippen molar-refractivity contribution in [2.24, 2.45) is 12.8 Å². The van der Waals surface area contributed by atoms with Gasteiger partial charge in [-0.2, -0.15) is 0 Å². The zero-order valence-electron chi connectivity index (χ0n) is 13.9. The first-order valence-corrected chi connectivity index (χ1v) is 8.74. The molecule has 3 rings (SSSR count). The molecule has 1 amide bonds. The molecule has 136 valence electrons. The minimum atomic E-state index is -0.919. The third kappa shape index (κ3) is 3.94. The molecule has 1 unspecified atom stereocenters. The number of amides is 1. The number of carbonyl (C=O) groups excluding carboxylic acids is 1. The van der Waals surface area contributed by atoms with Crippen LogP contribution in [-0.2, 0) is 13.5 Å². The number of halogens is 2. The van der Waals surface area contributed by atoms with Crippen LogP contribution in [0.5, 0.6) is 0 Å². The van der Waals surface area contributed by atoms with Gasteiger partial charge in [-0.15, -0.1) is 16.4 Å². The van der Waals surface area contributed by atoms with Gasteiger partial charge in [-0.25, -0.2) is 13.5 Å². The van der Waals surface area contributed by atoms with Crippen LogP contribution in [0.3, 0.4) is 0 Å². The lowest BCUT2D eigenvalue weighted by molar-refractivity contribution is 0.0942. The molecule has 26 heavy (non-hydrogen) atoms. The first-order chi connectivity index (χ1) is 12.5. The van der Waals surface area contributed by atoms with E-state index >= 15 is 0 Å². The highest BCUT2D eigenvalue weighted by molar-refractivity contribution is 7.12. The van der Waals surface area contributed by atoms with Crippen molar-refractivity contribution in [3.05, 3.63) is 57.9 Å². The number of thiophene rings is 1. The van der Waals surface area contributed by atoms with Crippen LogP contribution in [-0.4, -0.2) is 33.5 Å². The molecule has 2 heterocycles. The molecule has 9 heteroatoms. The van der Waals surface area contributed by atoms with E-state index in [2.05, 4.69) is 15.6 Å². The first kappa shape index (κ1) is 18.2. The van der Waals surface area contributed by atoms with Gasteiger partial charge in [0.2, 0.25) is 0 Å². The number of aryl methyl sites for hydroxylation is 1. The second kappa shape index (κ2) is 7.71. The second-order valence-corrected chi connectivity index (χ2v) is 6.71. The van der Waals surface area contributed by atoms with Crippen LogP contribution in [0.25, 0.3) is 11.3 Å². The first-order valence-electron chi connectivity index (χ1n) is 7.86. The third-order valence-electron chi connectivity index (χ3n) is 3.92. The number of nitrogens with two attached hydrogens (primary N) is 1. The SMILES string of the molecule is Cn1nncc1-c1csc(C(=O)NC(CN)Cc2ccc(F)c(F)c2)c1. The minimum absolute atomic E-state index is 0.175. The maximum atomic E-state index is 13.3. The Morgan fingerprint density at radius 1 is 1.35 bits per heavy atom. The van der Waals surface area contributed by atoms with Crippen molar-refractivity contribution in [3.8, 4) is 11.3 Å². The smallest absolute Gasteiger partial charge is 0.261 e. The van der Waals surface area contributed by atoms with Gasteiger partial charge >= 0.3 is 0 Å². The number of aromatic nitrogens is 3. The van der Waals surface area contributed by atoms with Gasteiger partial charge in [0.15, 0.2) is 11.6 Å². The Hall–Kier alpha value is -2.65. The predicted molar refractivity (Wildman–Crippen MR) is 94.7 cm³/mol. The van der Waals surface area contributed by atoms with E-state index in [9.17, 15) is 13.6 Å². The molecule has 3 N–H and O–H groups in total. The van der Waals surface area contributed by atoms with Crippen molar-refractivity contribution in [2.45, 2.75) is 12.5 Å². The van der Waals surface area contributed by atoms with Crippen LogP contribution in [0.4, 0.5) is 8.78 Å². The fourth-order valence-corrected chi connectivity index (χ4v) is 3.35. The second-order valence-electron chi connectivity index (χ2n) is 5.80. The van der Waals surface area contributed by atoms with Crippen LogP contribution < -0.4 is 11.1 Å². The number of nitrogens with one attached hydrogen (secondary N) is 1. The van der Waals surface area contributed by atoms with Gasteiger partial charge < -0.3 is 11.1 Å². The molecular weight excluding hydrogens is 360 g/mol. The molecule has 0 spiro atoms. The molecule has 1 atom stereocenters. The average molecular weight is 377 g/mol. The van der Waals surface area contributed by atoms with Crippen LogP contribution in [0.15, 0.2) is 35.8 Å². The van der Waals surface area contributed by atoms with Crippen molar-refractivity contribution < 1.29 is 13.6 Å². The molecule has 0 radical (unpaired) electrons. The number of hydrogen-bond donors (Lipinski definition) is 2. The van der Waals surface area contributed by atoms with Gasteiger partial charge in [0.05, 0.1) is 16.8 Å². The molecule has 3 aromatic rings. The summed E-state index contributed by atoms with van der Waals surface area (Å²) in [7, 11) is 1.77. The number of nitrogens with zero attached hydrogens (tertiary/aromatic N) is 3. The monoisotopic (exact) mass is 377 g/mol. The summed E-state index contributed by atoms with van der Waals surface area (Å²) in [5, 5.41) is 12.4. The van der Waals surface area contributed by atoms with E-state index in [1.165, 1.54) is 17.4 Å². The van der Waals surface area contributed by atoms with Crippen molar-refractivity contribution in [3.63, 3.8) is 0 Å². The fraction of sp³-hybridized carbons (Fsp3) is 0.235. The van der Waals surface area contributed by atoms with Gasteiger partial charge in [0.1, 0.15) is 0 Å². The maximum absolute atomic E-state index is 13.3. The lowest BCUT2D eigenvalue weighted by Gasteiger charge is -2.16. The molecule has 2 aromatic heterocycles. The average Bonchev–Trinajstić information content (AvgIpc) is 3.26. The highest BCUT2D eigenvalue weighted by Gasteiger charge is 2.17. The van der Waals surface area contributed by atoms with E-state index in [1.807, 2.05) is 5.38 Å². The summed E-state index contributed by atoms with van der Waals surface area (Å²) in [6.07, 6.45) is 1.93. The molecular formula is C17H17F2N5OS. The van der Waals surface area contributed by atoms with Crippen molar-refractivity contribution in [1.29, 1.82) is 0 Å². The predicted octanol–water partition coefficient (Wildman–Crippen LogP) is 2.12. The Morgan fingerprint density at radius 2 is 2.15 bits per heavy atom. The fourth-order valence-electron chi connectivity index (χ4n) is 2.54. The molecule has 0 saturated heterocycles. The quantitative estimate of drug-likeness (QED) is 0.689. The number of rotatable bonds is 6. The van der Waals surface area contributed by atoms with E-state index in [1.54, 1.807) is 24.0 Å². The van der Waals surface area contributed by atoms with Crippen molar-refractivity contribution in [1.82, 2.24) is 20.3 Å². The van der Waals surface area contributed by atoms with E-state index in [-0.39, 0.29) is 12.5 Å². The molecule has 6 nitrogen and oxygen atoms in total. The number of hydrogen-bond acceptors (Lipinski definition) is 5. The van der Waals surface area contributed by atoms with E-state index < -0.39 is 17.7 Å². The lowest BCUT2D eigenvalue weighted by Crippen LogP contribution is -2.41. The summed E-state index contributed by atoms with van der Waals surface area (Å²) in [5.41, 5.74) is 7.93. The standard InChI is InChI=1S/C17H17F2N5OS/c1-24-15(8-21-23-24)11-6-16(26-9-11)17(25)22-12(7-20)4-10-2-3-13(18)14(19)5-10/h2-3,5-6,8-9,12H,4,7,20H2,1H3,(H,22,25). The Labute approximate surface area is 152 Å². The van der Waals surface area contributed by atoms with Gasteiger partial charge in [-0.1, -0.05) is 11.3 Å². The summed E-state index contributed by atoms with van der Waals surface area (Å²) in [6.45, 7) is 0.175. The molecule has 0 aliphatic rings. The Balaban J connectivity index is 1.68. The Kier molecular flexibility index (Phi) is 5.38. The lowest BCUT2D eigenvalue weighted by atomic mass is 10.1. The summed E-state index contributed by atoms with van der Waals surface area (Å²) < 4.78 is 28.0. The zero-order valence-corrected chi connectivity index (χ0v) is 14.8. The van der Waals surface area contributed by atoms with Crippen LogP contribution >= 0.6 is 11.3 Å². The van der Waals surface area contributed by atoms with Gasteiger partial charge in [0, 0.05) is 30.6 Å². The Bertz CT molecular complexity index is 924. The highest BCUT2D eigenvalue weighted by Crippen LogP contribution is 2.24. The molecule has 0 fully saturated rings. The third-order valence-corrected chi connectivity index (χ3v) is 4.85. The van der Waals surface area contributed by atoms with E-state index in [0.29, 0.717) is 16.9 Å². The van der Waals surface area contributed by atoms with Gasteiger partial charge in [-0.05, 0) is 30.2 Å². The highest BCUT2D eigenvalue weighted by atomic mass is 32.1. The Morgan fingerprint density at radius 3 is 2.81 bits per heavy atom. The molecule has 0 saturated carbocycles. The van der Waals surface area contributed by atoms with E-state index in [0.717, 1.165) is 23.4 Å². The zero-order chi connectivity index (χ0) is 18.7. The summed E-state index contributed by atoms with van der Waals surface area (Å²) in [6, 6.07) is 5.02. The normalized spacial score (nSPS) is 12.2. The number of carbonyl (C=O) groups is 1. The summed E-state index contributed by atoms with van der Waals surface area (Å²) in [5.74, 6) is -2.09. The molecule has 1 aromatic carbocycles. The van der Waals surface area contributed by atoms with Crippen LogP contribution in [0, 0.1) is 11.6 Å². The number of benzene rings is 1. The topological polar surface area (TPSA) is 85.8 Å². The molecule has 0 aliphatic carbocycles. The summed E-state index contributed by atoms with van der Waals surface area (Å²) in [4.78, 5) is 13.0. The van der Waals surface area contributed by atoms with Crippen LogP contribution in [0.1, 0.15) is 15.2 Å². The van der Waals surface area contributed by atoms with Crippen molar-refractivity contribution >= 4 is 17.2 Å². The van der Waals surface area contributed by atoms with Crippen molar-refractivity contribution in [2.75, 3.05) is 6.54 Å². The largest absolute Gasteiger partial charge is 0.347 e. The summed E-state index contributed by atoms with van der Waals surface area (Å²) >= 11 is 1.30. The van der Waals surface area contributed by atoms with Gasteiger partial charge in [0.25, 0.3) is 5.91 Å².